The zero-order chi connectivity index (χ0) is 15.3. The topological polar surface area (TPSA) is 102 Å². The smallest absolute Gasteiger partial charge is 0.329 e. The Hall–Kier alpha value is -1.63. The van der Waals surface area contributed by atoms with Crippen molar-refractivity contribution in [2.45, 2.75) is 38.8 Å². The predicted molar refractivity (Wildman–Crippen MR) is 72.6 cm³/mol. The molecule has 1 aliphatic rings. The Labute approximate surface area is 118 Å². The molecule has 3 N–H and O–H groups in total. The van der Waals surface area contributed by atoms with Gasteiger partial charge in [0.1, 0.15) is 6.04 Å². The lowest BCUT2D eigenvalue weighted by molar-refractivity contribution is -0.145. The second-order valence-electron chi connectivity index (χ2n) is 5.26. The van der Waals surface area contributed by atoms with Crippen LogP contribution < -0.4 is 11.1 Å². The molecule has 1 heterocycles. The van der Waals surface area contributed by atoms with E-state index < -0.39 is 12.0 Å². The third-order valence-electron chi connectivity index (χ3n) is 3.69. The van der Waals surface area contributed by atoms with Crippen LogP contribution in [0.4, 0.5) is 0 Å². The quantitative estimate of drug-likeness (QED) is 0.647. The van der Waals surface area contributed by atoms with Crippen LogP contribution in [-0.2, 0) is 19.1 Å². The molecule has 0 aliphatic carbocycles. The van der Waals surface area contributed by atoms with Gasteiger partial charge in [-0.3, -0.25) is 14.5 Å². The fourth-order valence-corrected chi connectivity index (χ4v) is 2.47. The molecule has 0 spiro atoms. The number of likely N-dealkylation sites (tertiary alicyclic amines) is 1. The van der Waals surface area contributed by atoms with Crippen molar-refractivity contribution in [2.24, 2.45) is 11.7 Å². The average Bonchev–Trinajstić information content (AvgIpc) is 2.38. The number of ether oxygens (including phenoxy) is 1. The highest BCUT2D eigenvalue weighted by Gasteiger charge is 2.32. The Morgan fingerprint density at radius 3 is 2.55 bits per heavy atom. The van der Waals surface area contributed by atoms with Crippen LogP contribution in [0.15, 0.2) is 0 Å². The summed E-state index contributed by atoms with van der Waals surface area (Å²) in [5, 5.41) is 2.57. The highest BCUT2D eigenvalue weighted by atomic mass is 16.5. The number of esters is 1. The van der Waals surface area contributed by atoms with Crippen molar-refractivity contribution in [3.05, 3.63) is 0 Å². The van der Waals surface area contributed by atoms with Gasteiger partial charge in [0.15, 0.2) is 0 Å². The maximum Gasteiger partial charge on any atom is 0.329 e. The van der Waals surface area contributed by atoms with Crippen molar-refractivity contribution in [1.29, 1.82) is 0 Å². The normalized spacial score (nSPS) is 24.8. The molecular weight excluding hydrogens is 262 g/mol. The number of carbonyl (C=O) groups excluding carboxylic acids is 3. The average molecular weight is 285 g/mol. The first-order chi connectivity index (χ1) is 9.35. The highest BCUT2D eigenvalue weighted by molar-refractivity contribution is 5.83. The summed E-state index contributed by atoms with van der Waals surface area (Å²) < 4.78 is 4.69. The van der Waals surface area contributed by atoms with E-state index in [9.17, 15) is 14.4 Å². The minimum atomic E-state index is -0.730. The Morgan fingerprint density at radius 1 is 1.40 bits per heavy atom. The largest absolute Gasteiger partial charge is 0.467 e. The first-order valence-electron chi connectivity index (χ1n) is 6.73. The number of hydrogen-bond acceptors (Lipinski definition) is 5. The maximum absolute atomic E-state index is 11.7. The van der Waals surface area contributed by atoms with E-state index in [1.54, 1.807) is 0 Å². The Kier molecular flexibility index (Phi) is 5.94. The van der Waals surface area contributed by atoms with E-state index in [0.717, 1.165) is 12.8 Å². The number of nitrogens with two attached hydrogens (primary N) is 1. The Morgan fingerprint density at radius 2 is 2.05 bits per heavy atom. The molecule has 0 bridgehead atoms. The van der Waals surface area contributed by atoms with Gasteiger partial charge in [-0.15, -0.1) is 0 Å². The second-order valence-corrected chi connectivity index (χ2v) is 5.26. The standard InChI is InChI=1S/C13H23N3O4/c1-8-4-5-10(12(14)18)6-16(8)7-11(13(19)20-3)15-9(2)17/h8,10-11H,4-7H2,1-3H3,(H2,14,18)(H,15,17). The van der Waals surface area contributed by atoms with Gasteiger partial charge >= 0.3 is 5.97 Å². The molecule has 3 unspecified atom stereocenters. The fraction of sp³-hybridized carbons (Fsp3) is 0.769. The summed E-state index contributed by atoms with van der Waals surface area (Å²) in [6.07, 6.45) is 1.59. The molecule has 7 heteroatoms. The number of nitrogens with one attached hydrogen (secondary N) is 1. The summed E-state index contributed by atoms with van der Waals surface area (Å²) in [6, 6.07) is -0.502. The molecule has 0 aromatic carbocycles. The van der Waals surface area contributed by atoms with Crippen LogP contribution in [0.2, 0.25) is 0 Å². The zero-order valence-corrected chi connectivity index (χ0v) is 12.2. The molecule has 20 heavy (non-hydrogen) atoms. The first kappa shape index (κ1) is 16.4. The molecular formula is C13H23N3O4. The lowest BCUT2D eigenvalue weighted by atomic mass is 9.92. The zero-order valence-electron chi connectivity index (χ0n) is 12.2. The molecule has 0 aromatic rings. The van der Waals surface area contributed by atoms with E-state index >= 15 is 0 Å². The summed E-state index contributed by atoms with van der Waals surface area (Å²) in [4.78, 5) is 36.1. The van der Waals surface area contributed by atoms with Gasteiger partial charge in [-0.2, -0.15) is 0 Å². The fourth-order valence-electron chi connectivity index (χ4n) is 2.47. The molecule has 1 saturated heterocycles. The number of carbonyl (C=O) groups is 3. The van der Waals surface area contributed by atoms with Gasteiger partial charge in [-0.05, 0) is 19.8 Å². The molecule has 3 atom stereocenters. The van der Waals surface area contributed by atoms with E-state index in [1.807, 2.05) is 11.8 Å². The van der Waals surface area contributed by atoms with E-state index in [-0.39, 0.29) is 23.8 Å². The third kappa shape index (κ3) is 4.48. The molecule has 0 saturated carbocycles. The van der Waals surface area contributed by atoms with Crippen LogP contribution in [-0.4, -0.2) is 55.0 Å². The summed E-state index contributed by atoms with van der Waals surface area (Å²) in [5.41, 5.74) is 5.35. The minimum Gasteiger partial charge on any atom is -0.467 e. The van der Waals surface area contributed by atoms with Crippen LogP contribution in [0.3, 0.4) is 0 Å². The van der Waals surface area contributed by atoms with Crippen LogP contribution in [0.5, 0.6) is 0 Å². The van der Waals surface area contributed by atoms with Crippen LogP contribution >= 0.6 is 0 Å². The van der Waals surface area contributed by atoms with Gasteiger partial charge in [0.05, 0.1) is 13.0 Å². The summed E-state index contributed by atoms with van der Waals surface area (Å²) >= 11 is 0. The van der Waals surface area contributed by atoms with E-state index in [1.165, 1.54) is 14.0 Å². The van der Waals surface area contributed by atoms with Crippen molar-refractivity contribution in [3.8, 4) is 0 Å². The predicted octanol–water partition coefficient (Wildman–Crippen LogP) is -0.750. The monoisotopic (exact) mass is 285 g/mol. The number of piperidine rings is 1. The summed E-state index contributed by atoms with van der Waals surface area (Å²) in [6.45, 7) is 4.20. The van der Waals surface area contributed by atoms with Crippen molar-refractivity contribution >= 4 is 17.8 Å². The SMILES string of the molecule is COC(=O)C(CN1CC(C(N)=O)CCC1C)NC(C)=O. The van der Waals surface area contributed by atoms with Crippen molar-refractivity contribution in [3.63, 3.8) is 0 Å². The molecule has 0 aromatic heterocycles. The van der Waals surface area contributed by atoms with Crippen molar-refractivity contribution in [1.82, 2.24) is 10.2 Å². The lowest BCUT2D eigenvalue weighted by Crippen LogP contribution is -2.54. The lowest BCUT2D eigenvalue weighted by Gasteiger charge is -2.38. The van der Waals surface area contributed by atoms with Gasteiger partial charge in [-0.25, -0.2) is 4.79 Å². The Bertz CT molecular complexity index is 386. The molecule has 114 valence electrons. The maximum atomic E-state index is 11.7. The molecule has 1 rings (SSSR count). The van der Waals surface area contributed by atoms with Gasteiger partial charge in [0, 0.05) is 26.1 Å². The second kappa shape index (κ2) is 7.23. The molecule has 2 amide bonds. The number of nitrogens with zero attached hydrogens (tertiary/aromatic N) is 1. The van der Waals surface area contributed by atoms with E-state index in [0.29, 0.717) is 13.1 Å². The summed E-state index contributed by atoms with van der Waals surface area (Å²) in [5.74, 6) is -1.32. The van der Waals surface area contributed by atoms with Gasteiger partial charge in [0.2, 0.25) is 11.8 Å². The van der Waals surface area contributed by atoms with Crippen molar-refractivity contribution < 1.29 is 19.1 Å². The Balaban J connectivity index is 2.71. The molecule has 1 aliphatic heterocycles. The van der Waals surface area contributed by atoms with E-state index in [2.05, 4.69) is 5.32 Å². The van der Waals surface area contributed by atoms with Crippen LogP contribution in [0, 0.1) is 5.92 Å². The summed E-state index contributed by atoms with van der Waals surface area (Å²) in [7, 11) is 1.28. The third-order valence-corrected chi connectivity index (χ3v) is 3.69. The van der Waals surface area contributed by atoms with Crippen LogP contribution in [0.1, 0.15) is 26.7 Å². The first-order valence-corrected chi connectivity index (χ1v) is 6.73. The highest BCUT2D eigenvalue weighted by Crippen LogP contribution is 2.21. The van der Waals surface area contributed by atoms with Crippen LogP contribution in [0.25, 0.3) is 0 Å². The number of amides is 2. The molecule has 0 radical (unpaired) electrons. The van der Waals surface area contributed by atoms with Crippen molar-refractivity contribution in [2.75, 3.05) is 20.2 Å². The molecule has 7 nitrogen and oxygen atoms in total. The minimum absolute atomic E-state index is 0.207. The number of primary amides is 1. The molecule has 1 fully saturated rings. The van der Waals surface area contributed by atoms with E-state index in [4.69, 9.17) is 10.5 Å². The van der Waals surface area contributed by atoms with Gasteiger partial charge in [0.25, 0.3) is 0 Å². The van der Waals surface area contributed by atoms with Gasteiger partial charge in [-0.1, -0.05) is 0 Å². The van der Waals surface area contributed by atoms with Gasteiger partial charge < -0.3 is 15.8 Å². The number of methoxy groups -OCH3 is 1. The number of hydrogen-bond donors (Lipinski definition) is 2. The number of rotatable bonds is 5.